The van der Waals surface area contributed by atoms with Gasteiger partial charge in [-0.1, -0.05) is 0 Å². The number of rotatable bonds is 6. The van der Waals surface area contributed by atoms with Crippen molar-refractivity contribution in [1.29, 1.82) is 0 Å². The van der Waals surface area contributed by atoms with Crippen molar-refractivity contribution in [2.45, 2.75) is 76.7 Å². The fourth-order valence-electron chi connectivity index (χ4n) is 7.30. The number of amides is 2. The Kier molecular flexibility index (Phi) is 7.37. The summed E-state index contributed by atoms with van der Waals surface area (Å²) in [6.07, 6.45) is 12.7. The van der Waals surface area contributed by atoms with E-state index in [1.807, 2.05) is 0 Å². The van der Waals surface area contributed by atoms with Crippen molar-refractivity contribution >= 4 is 11.8 Å². The van der Waals surface area contributed by atoms with Gasteiger partial charge in [0.05, 0.1) is 0 Å². The van der Waals surface area contributed by atoms with Crippen LogP contribution in [-0.2, 0) is 9.59 Å². The molecular formula is C26H44N4O2. The van der Waals surface area contributed by atoms with Crippen LogP contribution in [0.5, 0.6) is 0 Å². The molecule has 4 unspecified atom stereocenters. The molecule has 2 aliphatic heterocycles. The third-order valence-electron chi connectivity index (χ3n) is 9.47. The maximum Gasteiger partial charge on any atom is 0.223 e. The van der Waals surface area contributed by atoms with Crippen LogP contribution in [0.15, 0.2) is 0 Å². The van der Waals surface area contributed by atoms with Gasteiger partial charge in [0.2, 0.25) is 11.8 Å². The molecule has 0 radical (unpaired) electrons. The Morgan fingerprint density at radius 3 is 2.38 bits per heavy atom. The minimum atomic E-state index is 0.189. The smallest absolute Gasteiger partial charge is 0.223 e. The van der Waals surface area contributed by atoms with Crippen molar-refractivity contribution in [1.82, 2.24) is 21.3 Å². The second-order valence-corrected chi connectivity index (χ2v) is 11.6. The van der Waals surface area contributed by atoms with Gasteiger partial charge in [-0.05, 0) is 126 Å². The number of carbonyl (C=O) groups excluding carboxylic acids is 2. The van der Waals surface area contributed by atoms with Gasteiger partial charge in [0.25, 0.3) is 0 Å². The van der Waals surface area contributed by atoms with E-state index in [9.17, 15) is 9.59 Å². The van der Waals surface area contributed by atoms with Crippen molar-refractivity contribution in [3.8, 4) is 0 Å². The van der Waals surface area contributed by atoms with E-state index in [-0.39, 0.29) is 17.7 Å². The largest absolute Gasteiger partial charge is 0.356 e. The van der Waals surface area contributed by atoms with E-state index in [2.05, 4.69) is 21.3 Å². The Hall–Kier alpha value is -1.14. The average molecular weight is 445 g/mol. The van der Waals surface area contributed by atoms with Gasteiger partial charge in [-0.2, -0.15) is 0 Å². The van der Waals surface area contributed by atoms with Crippen LogP contribution in [0.2, 0.25) is 0 Å². The van der Waals surface area contributed by atoms with Crippen LogP contribution < -0.4 is 21.3 Å². The zero-order chi connectivity index (χ0) is 21.9. The van der Waals surface area contributed by atoms with Crippen molar-refractivity contribution in [2.24, 2.45) is 41.4 Å². The summed E-state index contributed by atoms with van der Waals surface area (Å²) in [6.45, 7) is 5.31. The van der Waals surface area contributed by atoms with E-state index < -0.39 is 0 Å². The summed E-state index contributed by atoms with van der Waals surface area (Å²) < 4.78 is 0. The molecule has 0 bridgehead atoms. The van der Waals surface area contributed by atoms with Crippen LogP contribution >= 0.6 is 0 Å². The predicted molar refractivity (Wildman–Crippen MR) is 126 cm³/mol. The normalized spacial score (nSPS) is 41.9. The third kappa shape index (κ3) is 5.49. The van der Waals surface area contributed by atoms with Gasteiger partial charge in [0.1, 0.15) is 0 Å². The number of fused-ring (bicyclic) bond motifs is 1. The molecule has 180 valence electrons. The number of hydrogen-bond donors (Lipinski definition) is 4. The summed E-state index contributed by atoms with van der Waals surface area (Å²) >= 11 is 0. The molecule has 0 aromatic carbocycles. The summed E-state index contributed by atoms with van der Waals surface area (Å²) in [5.74, 6) is 4.49. The molecule has 2 saturated heterocycles. The molecule has 0 aromatic heterocycles. The minimum absolute atomic E-state index is 0.189. The van der Waals surface area contributed by atoms with Crippen LogP contribution in [-0.4, -0.2) is 50.6 Å². The third-order valence-corrected chi connectivity index (χ3v) is 9.47. The first kappa shape index (κ1) is 22.6. The van der Waals surface area contributed by atoms with E-state index in [1.54, 1.807) is 0 Å². The van der Waals surface area contributed by atoms with Gasteiger partial charge in [-0.15, -0.1) is 0 Å². The second kappa shape index (κ2) is 10.4. The number of nitrogens with one attached hydrogen (secondary N) is 4. The maximum absolute atomic E-state index is 12.9. The molecule has 6 nitrogen and oxygen atoms in total. The first-order valence-electron chi connectivity index (χ1n) is 13.7. The van der Waals surface area contributed by atoms with E-state index in [0.717, 1.165) is 76.5 Å². The van der Waals surface area contributed by atoms with E-state index in [4.69, 9.17) is 0 Å². The molecule has 6 atom stereocenters. The fraction of sp³-hybridized carbons (Fsp3) is 0.923. The van der Waals surface area contributed by atoms with E-state index >= 15 is 0 Å². The van der Waals surface area contributed by atoms with Gasteiger partial charge < -0.3 is 21.3 Å². The summed E-state index contributed by atoms with van der Waals surface area (Å²) in [6, 6.07) is 0.405. The molecule has 0 spiro atoms. The van der Waals surface area contributed by atoms with Crippen LogP contribution in [0.1, 0.15) is 70.6 Å². The number of piperidine rings is 2. The predicted octanol–water partition coefficient (Wildman–Crippen LogP) is 2.44. The molecule has 2 heterocycles. The lowest BCUT2D eigenvalue weighted by molar-refractivity contribution is -0.127. The van der Waals surface area contributed by atoms with Crippen LogP contribution in [0, 0.1) is 41.4 Å². The molecule has 32 heavy (non-hydrogen) atoms. The highest BCUT2D eigenvalue weighted by molar-refractivity contribution is 5.82. The maximum atomic E-state index is 12.9. The van der Waals surface area contributed by atoms with Gasteiger partial charge in [-0.3, -0.25) is 9.59 Å². The lowest BCUT2D eigenvalue weighted by atomic mass is 9.73. The van der Waals surface area contributed by atoms with Gasteiger partial charge in [0, 0.05) is 24.4 Å². The van der Waals surface area contributed by atoms with E-state index in [0.29, 0.717) is 29.7 Å². The summed E-state index contributed by atoms with van der Waals surface area (Å²) in [7, 11) is 0. The molecule has 5 aliphatic rings. The monoisotopic (exact) mass is 444 g/mol. The molecule has 3 saturated carbocycles. The summed E-state index contributed by atoms with van der Waals surface area (Å²) in [5, 5.41) is 13.6. The van der Waals surface area contributed by atoms with Gasteiger partial charge >= 0.3 is 0 Å². The minimum Gasteiger partial charge on any atom is -0.356 e. The highest BCUT2D eigenvalue weighted by Crippen LogP contribution is 2.50. The molecule has 3 aliphatic carbocycles. The zero-order valence-corrected chi connectivity index (χ0v) is 19.7. The van der Waals surface area contributed by atoms with Crippen molar-refractivity contribution in [3.05, 3.63) is 0 Å². The number of hydrogen-bond acceptors (Lipinski definition) is 4. The van der Waals surface area contributed by atoms with Crippen LogP contribution in [0.25, 0.3) is 0 Å². The highest BCUT2D eigenvalue weighted by Gasteiger charge is 2.49. The van der Waals surface area contributed by atoms with Crippen molar-refractivity contribution in [3.63, 3.8) is 0 Å². The zero-order valence-electron chi connectivity index (χ0n) is 19.7. The SMILES string of the molecule is O=C(NCC1CCCNC1)C1CCC([C@@H]2C[C@H]2C(=O)NC2CCC3CNCCC3C2)CC1. The molecule has 2 amide bonds. The standard InChI is InChI=1S/C26H44N4O2/c31-25(29-15-17-2-1-10-27-14-17)19-5-3-18(4-6-19)23-13-24(23)26(32)30-22-8-7-21-16-28-11-9-20(21)12-22/h17-24,27-28H,1-16H2,(H,29,31)(H,30,32)/t17?,18?,19?,20?,21?,22?,23-,24+/m0/s1. The first-order valence-corrected chi connectivity index (χ1v) is 13.7. The van der Waals surface area contributed by atoms with Crippen LogP contribution in [0.4, 0.5) is 0 Å². The summed E-state index contributed by atoms with van der Waals surface area (Å²) in [5.41, 5.74) is 0. The van der Waals surface area contributed by atoms with Crippen molar-refractivity contribution < 1.29 is 9.59 Å². The molecule has 6 heteroatoms. The highest BCUT2D eigenvalue weighted by atomic mass is 16.2. The average Bonchev–Trinajstić information content (AvgIpc) is 3.64. The topological polar surface area (TPSA) is 82.3 Å². The molecule has 0 aromatic rings. The molecule has 5 fully saturated rings. The quantitative estimate of drug-likeness (QED) is 0.507. The fourth-order valence-corrected chi connectivity index (χ4v) is 7.30. The lowest BCUT2D eigenvalue weighted by Crippen LogP contribution is -2.46. The van der Waals surface area contributed by atoms with Gasteiger partial charge in [0.15, 0.2) is 0 Å². The summed E-state index contributed by atoms with van der Waals surface area (Å²) in [4.78, 5) is 25.5. The molecular weight excluding hydrogens is 400 g/mol. The van der Waals surface area contributed by atoms with Crippen molar-refractivity contribution in [2.75, 3.05) is 32.7 Å². The van der Waals surface area contributed by atoms with Crippen LogP contribution in [0.3, 0.4) is 0 Å². The number of carbonyl (C=O) groups is 2. The Labute approximate surface area is 193 Å². The first-order chi connectivity index (χ1) is 15.7. The Bertz CT molecular complexity index is 656. The molecule has 4 N–H and O–H groups in total. The lowest BCUT2D eigenvalue weighted by Gasteiger charge is -2.39. The second-order valence-electron chi connectivity index (χ2n) is 11.6. The Balaban J connectivity index is 0.998. The molecule has 5 rings (SSSR count). The van der Waals surface area contributed by atoms with E-state index in [1.165, 1.54) is 38.6 Å². The van der Waals surface area contributed by atoms with Gasteiger partial charge in [-0.25, -0.2) is 0 Å². The Morgan fingerprint density at radius 1 is 0.750 bits per heavy atom. The Morgan fingerprint density at radius 2 is 1.56 bits per heavy atom.